The summed E-state index contributed by atoms with van der Waals surface area (Å²) < 4.78 is 1.35. The molecule has 3 N–H and O–H groups in total. The van der Waals surface area contributed by atoms with Crippen molar-refractivity contribution < 1.29 is 4.79 Å². The Labute approximate surface area is 86.9 Å². The van der Waals surface area contributed by atoms with E-state index in [-0.39, 0.29) is 11.7 Å². The molecular weight excluding hydrogens is 196 g/mol. The molecule has 1 aromatic rings. The molecule has 80 valence electrons. The van der Waals surface area contributed by atoms with Crippen molar-refractivity contribution in [2.45, 2.75) is 25.8 Å². The smallest absolute Gasteiger partial charge is 0.258 e. The van der Waals surface area contributed by atoms with E-state index in [2.05, 4.69) is 15.5 Å². The lowest BCUT2D eigenvalue weighted by atomic mass is 10.1. The second kappa shape index (κ2) is 5.07. The number of hydrogen-bond acceptors (Lipinski definition) is 5. The van der Waals surface area contributed by atoms with Crippen molar-refractivity contribution in [1.82, 2.24) is 20.2 Å². The Morgan fingerprint density at radius 2 is 2.60 bits per heavy atom. The maximum atomic E-state index is 11.4. The van der Waals surface area contributed by atoms with Crippen LogP contribution in [0, 0.1) is 11.3 Å². The van der Waals surface area contributed by atoms with Crippen molar-refractivity contribution in [3.63, 3.8) is 0 Å². The van der Waals surface area contributed by atoms with E-state index < -0.39 is 6.04 Å². The third kappa shape index (κ3) is 2.51. The quantitative estimate of drug-likeness (QED) is 0.393. The molecule has 1 amide bonds. The Morgan fingerprint density at radius 3 is 3.07 bits per heavy atom. The van der Waals surface area contributed by atoms with Gasteiger partial charge in [-0.2, -0.15) is 5.26 Å². The molecule has 0 radical (unpaired) electrons. The van der Waals surface area contributed by atoms with Crippen molar-refractivity contribution in [3.05, 3.63) is 12.2 Å². The Bertz CT molecular complexity index is 379. The van der Waals surface area contributed by atoms with Gasteiger partial charge in [-0.15, -0.1) is 5.10 Å². The molecular formula is C8H12N6O. The standard InChI is InChI=1S/C8H12N6O/c1-2-3-6(8(15)12-10)14-5-11-7(4-9)13-14/h5-6H,2-3,10H2,1H3,(H,12,15). The molecule has 15 heavy (non-hydrogen) atoms. The molecule has 1 rings (SSSR count). The Balaban J connectivity index is 2.89. The molecule has 0 aliphatic heterocycles. The number of hydrazine groups is 1. The van der Waals surface area contributed by atoms with Crippen molar-refractivity contribution in [3.8, 4) is 6.07 Å². The topological polar surface area (TPSA) is 110 Å². The van der Waals surface area contributed by atoms with Crippen LogP contribution in [0.25, 0.3) is 0 Å². The molecule has 0 aliphatic carbocycles. The van der Waals surface area contributed by atoms with Crippen LogP contribution in [-0.2, 0) is 4.79 Å². The molecule has 0 spiro atoms. The minimum Gasteiger partial charge on any atom is -0.292 e. The fourth-order valence-electron chi connectivity index (χ4n) is 1.23. The largest absolute Gasteiger partial charge is 0.292 e. The summed E-state index contributed by atoms with van der Waals surface area (Å²) in [5.41, 5.74) is 2.07. The number of carbonyl (C=O) groups excluding carboxylic acids is 1. The van der Waals surface area contributed by atoms with Crippen LogP contribution in [0.3, 0.4) is 0 Å². The van der Waals surface area contributed by atoms with Gasteiger partial charge in [-0.05, 0) is 6.42 Å². The first-order chi connectivity index (χ1) is 7.22. The molecule has 1 aromatic heterocycles. The summed E-state index contributed by atoms with van der Waals surface area (Å²) in [6, 6.07) is 1.29. The first-order valence-corrected chi connectivity index (χ1v) is 4.54. The van der Waals surface area contributed by atoms with Crippen LogP contribution >= 0.6 is 0 Å². The summed E-state index contributed by atoms with van der Waals surface area (Å²) >= 11 is 0. The molecule has 0 bridgehead atoms. The molecule has 7 heteroatoms. The molecule has 1 atom stereocenters. The van der Waals surface area contributed by atoms with Gasteiger partial charge in [-0.3, -0.25) is 10.2 Å². The van der Waals surface area contributed by atoms with Crippen LogP contribution in [0.2, 0.25) is 0 Å². The minimum atomic E-state index is -0.505. The van der Waals surface area contributed by atoms with Gasteiger partial charge in [0, 0.05) is 0 Å². The zero-order chi connectivity index (χ0) is 11.3. The second-order valence-electron chi connectivity index (χ2n) is 2.97. The molecule has 0 saturated carbocycles. The lowest BCUT2D eigenvalue weighted by Crippen LogP contribution is -2.37. The van der Waals surface area contributed by atoms with Crippen LogP contribution < -0.4 is 11.3 Å². The molecule has 0 saturated heterocycles. The lowest BCUT2D eigenvalue weighted by Gasteiger charge is -2.13. The van der Waals surface area contributed by atoms with E-state index in [9.17, 15) is 4.79 Å². The highest BCUT2D eigenvalue weighted by atomic mass is 16.2. The molecule has 0 aromatic carbocycles. The van der Waals surface area contributed by atoms with Gasteiger partial charge in [0.1, 0.15) is 18.4 Å². The van der Waals surface area contributed by atoms with Gasteiger partial charge in [0.05, 0.1) is 0 Å². The van der Waals surface area contributed by atoms with Gasteiger partial charge in [0.2, 0.25) is 0 Å². The third-order valence-corrected chi connectivity index (χ3v) is 1.93. The predicted molar refractivity (Wildman–Crippen MR) is 51.0 cm³/mol. The van der Waals surface area contributed by atoms with Crippen LogP contribution in [-0.4, -0.2) is 20.7 Å². The summed E-state index contributed by atoms with van der Waals surface area (Å²) in [5, 5.41) is 12.4. The Kier molecular flexibility index (Phi) is 3.76. The van der Waals surface area contributed by atoms with E-state index in [1.165, 1.54) is 11.0 Å². The highest BCUT2D eigenvalue weighted by Gasteiger charge is 2.19. The number of carbonyl (C=O) groups is 1. The fourth-order valence-corrected chi connectivity index (χ4v) is 1.23. The Morgan fingerprint density at radius 1 is 1.87 bits per heavy atom. The van der Waals surface area contributed by atoms with Gasteiger partial charge in [-0.25, -0.2) is 15.5 Å². The summed E-state index contributed by atoms with van der Waals surface area (Å²) in [4.78, 5) is 15.1. The van der Waals surface area contributed by atoms with E-state index in [0.717, 1.165) is 6.42 Å². The number of nitrogens with one attached hydrogen (secondary N) is 1. The van der Waals surface area contributed by atoms with Gasteiger partial charge >= 0.3 is 0 Å². The fraction of sp³-hybridized carbons (Fsp3) is 0.500. The average molecular weight is 208 g/mol. The molecule has 1 heterocycles. The van der Waals surface area contributed by atoms with E-state index in [1.54, 1.807) is 6.07 Å². The molecule has 0 aliphatic rings. The van der Waals surface area contributed by atoms with Gasteiger partial charge < -0.3 is 0 Å². The maximum absolute atomic E-state index is 11.4. The number of nitrogens with zero attached hydrogens (tertiary/aromatic N) is 4. The third-order valence-electron chi connectivity index (χ3n) is 1.93. The SMILES string of the molecule is CCCC(C(=O)NN)n1cnc(C#N)n1. The number of hydrogen-bond donors (Lipinski definition) is 2. The average Bonchev–Trinajstić information content (AvgIpc) is 2.73. The van der Waals surface area contributed by atoms with E-state index >= 15 is 0 Å². The van der Waals surface area contributed by atoms with Crippen molar-refractivity contribution in [1.29, 1.82) is 5.26 Å². The highest BCUT2D eigenvalue weighted by molar-refractivity contribution is 5.79. The van der Waals surface area contributed by atoms with Crippen molar-refractivity contribution in [2.75, 3.05) is 0 Å². The zero-order valence-corrected chi connectivity index (χ0v) is 8.34. The van der Waals surface area contributed by atoms with Gasteiger partial charge in [0.15, 0.2) is 0 Å². The molecule has 0 fully saturated rings. The maximum Gasteiger partial charge on any atom is 0.258 e. The summed E-state index contributed by atoms with van der Waals surface area (Å²) in [7, 11) is 0. The summed E-state index contributed by atoms with van der Waals surface area (Å²) in [5.74, 6) is 4.75. The van der Waals surface area contributed by atoms with Gasteiger partial charge in [0.25, 0.3) is 11.7 Å². The summed E-state index contributed by atoms with van der Waals surface area (Å²) in [6.07, 6.45) is 2.76. The van der Waals surface area contributed by atoms with Gasteiger partial charge in [-0.1, -0.05) is 13.3 Å². The normalized spacial score (nSPS) is 11.8. The minimum absolute atomic E-state index is 0.0425. The van der Waals surface area contributed by atoms with Crippen LogP contribution in [0.5, 0.6) is 0 Å². The first kappa shape index (κ1) is 11.1. The van der Waals surface area contributed by atoms with Crippen LogP contribution in [0.4, 0.5) is 0 Å². The molecule has 1 unspecified atom stereocenters. The number of nitriles is 1. The Hall–Kier alpha value is -1.94. The lowest BCUT2D eigenvalue weighted by molar-refractivity contribution is -0.124. The molecule has 7 nitrogen and oxygen atoms in total. The van der Waals surface area contributed by atoms with E-state index in [1.807, 2.05) is 6.92 Å². The number of nitrogens with two attached hydrogens (primary N) is 1. The number of aromatic nitrogens is 3. The predicted octanol–water partition coefficient (Wildman–Crippen LogP) is -0.519. The number of rotatable bonds is 4. The van der Waals surface area contributed by atoms with E-state index in [4.69, 9.17) is 11.1 Å². The van der Waals surface area contributed by atoms with Crippen LogP contribution in [0.1, 0.15) is 31.6 Å². The summed E-state index contributed by atoms with van der Waals surface area (Å²) in [6.45, 7) is 1.94. The van der Waals surface area contributed by atoms with Crippen molar-refractivity contribution >= 4 is 5.91 Å². The second-order valence-corrected chi connectivity index (χ2v) is 2.97. The monoisotopic (exact) mass is 208 g/mol. The van der Waals surface area contributed by atoms with Crippen molar-refractivity contribution in [2.24, 2.45) is 5.84 Å². The van der Waals surface area contributed by atoms with E-state index in [0.29, 0.717) is 6.42 Å². The number of amides is 1. The van der Waals surface area contributed by atoms with Crippen LogP contribution in [0.15, 0.2) is 6.33 Å². The highest BCUT2D eigenvalue weighted by Crippen LogP contribution is 2.11. The zero-order valence-electron chi connectivity index (χ0n) is 8.34. The first-order valence-electron chi connectivity index (χ1n) is 4.54.